The molecule has 15 heavy (non-hydrogen) atoms. The number of benzene rings is 1. The number of aryl methyl sites for hydroxylation is 1. The van der Waals surface area contributed by atoms with E-state index in [9.17, 15) is 0 Å². The van der Waals surface area contributed by atoms with E-state index in [1.54, 1.807) is 12.7 Å². The van der Waals surface area contributed by atoms with Gasteiger partial charge in [-0.3, -0.25) is 0 Å². The van der Waals surface area contributed by atoms with Gasteiger partial charge in [0.1, 0.15) is 5.75 Å². The van der Waals surface area contributed by atoms with Crippen molar-refractivity contribution < 1.29 is 9.30 Å². The molecule has 74 valence electrons. The summed E-state index contributed by atoms with van der Waals surface area (Å²) in [7, 11) is 0. The number of hydrogen-bond acceptors (Lipinski definition) is 3. The van der Waals surface area contributed by atoms with Gasteiger partial charge in [0.2, 0.25) is 13.1 Å². The Morgan fingerprint density at radius 3 is 3.27 bits per heavy atom. The highest BCUT2D eigenvalue weighted by Gasteiger charge is 2.23. The Hall–Kier alpha value is -1.97. The molecule has 3 rings (SSSR count). The van der Waals surface area contributed by atoms with Gasteiger partial charge in [-0.15, -0.1) is 0 Å². The third-order valence-electron chi connectivity index (χ3n) is 2.53. The van der Waals surface area contributed by atoms with Gasteiger partial charge in [-0.1, -0.05) is 22.1 Å². The fourth-order valence-corrected chi connectivity index (χ4v) is 1.80. The Morgan fingerprint density at radius 2 is 2.33 bits per heavy atom. The fraction of sp³-hybridized carbons (Fsp3) is 0.182. The van der Waals surface area contributed by atoms with Crippen LogP contribution in [0.15, 0.2) is 30.9 Å². The molecule has 0 N–H and O–H groups in total. The van der Waals surface area contributed by atoms with Crippen LogP contribution in [-0.2, 0) is 6.73 Å². The van der Waals surface area contributed by atoms with E-state index < -0.39 is 0 Å². The largest absolute Gasteiger partial charge is 0.459 e. The van der Waals surface area contributed by atoms with Crippen molar-refractivity contribution in [3.05, 3.63) is 36.4 Å². The lowest BCUT2D eigenvalue weighted by molar-refractivity contribution is -0.722. The van der Waals surface area contributed by atoms with E-state index in [0.717, 1.165) is 22.7 Å². The number of hydrogen-bond donors (Lipinski definition) is 0. The smallest absolute Gasteiger partial charge is 0.279 e. The van der Waals surface area contributed by atoms with Crippen molar-refractivity contribution in [2.24, 2.45) is 0 Å². The Morgan fingerprint density at radius 1 is 1.40 bits per heavy atom. The molecule has 0 unspecified atom stereocenters. The van der Waals surface area contributed by atoms with E-state index in [1.807, 2.05) is 29.7 Å². The first-order valence-corrected chi connectivity index (χ1v) is 4.78. The van der Waals surface area contributed by atoms with Gasteiger partial charge in [-0.05, 0) is 18.6 Å². The second-order valence-corrected chi connectivity index (χ2v) is 3.53. The van der Waals surface area contributed by atoms with Crippen LogP contribution in [0.1, 0.15) is 5.56 Å². The van der Waals surface area contributed by atoms with Gasteiger partial charge in [0.15, 0.2) is 0 Å². The van der Waals surface area contributed by atoms with Crippen molar-refractivity contribution in [2.75, 3.05) is 0 Å². The molecular formula is C11H10N3O+. The highest BCUT2D eigenvalue weighted by molar-refractivity contribution is 5.64. The molecular weight excluding hydrogens is 190 g/mol. The third-order valence-corrected chi connectivity index (χ3v) is 2.53. The molecule has 4 heteroatoms. The first-order chi connectivity index (χ1) is 7.36. The van der Waals surface area contributed by atoms with Crippen LogP contribution in [0, 0.1) is 6.92 Å². The maximum absolute atomic E-state index is 5.66. The van der Waals surface area contributed by atoms with Crippen LogP contribution in [0.5, 0.6) is 5.75 Å². The van der Waals surface area contributed by atoms with Crippen molar-refractivity contribution in [1.29, 1.82) is 0 Å². The van der Waals surface area contributed by atoms with Crippen LogP contribution < -0.4 is 9.30 Å². The molecule has 1 aromatic heterocycles. The standard InChI is InChI=1S/C11H10N3O/c1-8-3-2-4-9-10(8)15-7-14-6-12-5-13-11(9)14/h2-6H,7H2,1H3/q+1. The maximum atomic E-state index is 5.66. The lowest BCUT2D eigenvalue weighted by atomic mass is 10.1. The zero-order valence-corrected chi connectivity index (χ0v) is 8.34. The van der Waals surface area contributed by atoms with Crippen molar-refractivity contribution in [2.45, 2.75) is 13.7 Å². The minimum Gasteiger partial charge on any atom is -0.459 e. The molecule has 0 fully saturated rings. The molecule has 1 aliphatic rings. The molecule has 0 amide bonds. The maximum Gasteiger partial charge on any atom is 0.279 e. The van der Waals surface area contributed by atoms with Gasteiger partial charge < -0.3 is 4.74 Å². The Bertz CT molecular complexity index is 525. The fourth-order valence-electron chi connectivity index (χ4n) is 1.80. The monoisotopic (exact) mass is 200 g/mol. The van der Waals surface area contributed by atoms with Gasteiger partial charge in [-0.2, -0.15) is 4.57 Å². The van der Waals surface area contributed by atoms with Crippen LogP contribution >= 0.6 is 0 Å². The molecule has 4 nitrogen and oxygen atoms in total. The zero-order chi connectivity index (χ0) is 10.3. The Labute approximate surface area is 87.2 Å². The number of para-hydroxylation sites is 1. The minimum atomic E-state index is 0.480. The van der Waals surface area contributed by atoms with Crippen molar-refractivity contribution in [3.8, 4) is 17.1 Å². The minimum absolute atomic E-state index is 0.480. The normalized spacial score (nSPS) is 12.6. The molecule has 0 bridgehead atoms. The number of ether oxygens (including phenoxy) is 1. The van der Waals surface area contributed by atoms with Crippen molar-refractivity contribution in [3.63, 3.8) is 0 Å². The Balaban J connectivity index is 2.30. The molecule has 2 aromatic rings. The second kappa shape index (κ2) is 3.02. The molecule has 0 aliphatic carbocycles. The van der Waals surface area contributed by atoms with E-state index in [1.165, 1.54) is 0 Å². The summed E-state index contributed by atoms with van der Waals surface area (Å²) in [4.78, 5) is 8.24. The number of rotatable bonds is 0. The van der Waals surface area contributed by atoms with Crippen LogP contribution in [0.2, 0.25) is 0 Å². The van der Waals surface area contributed by atoms with Gasteiger partial charge in [0.05, 0.1) is 5.56 Å². The average Bonchev–Trinajstić information content (AvgIpc) is 2.29. The summed E-state index contributed by atoms with van der Waals surface area (Å²) in [6.45, 7) is 2.52. The number of fused-ring (bicyclic) bond motifs is 3. The van der Waals surface area contributed by atoms with E-state index >= 15 is 0 Å². The van der Waals surface area contributed by atoms with Crippen LogP contribution in [0.25, 0.3) is 11.4 Å². The van der Waals surface area contributed by atoms with Gasteiger partial charge in [0.25, 0.3) is 12.2 Å². The molecule has 0 spiro atoms. The summed E-state index contributed by atoms with van der Waals surface area (Å²) in [5.74, 6) is 1.84. The van der Waals surface area contributed by atoms with Crippen LogP contribution in [0.3, 0.4) is 0 Å². The topological polar surface area (TPSA) is 38.9 Å². The number of aromatic nitrogens is 3. The third kappa shape index (κ3) is 1.18. The Kier molecular flexibility index (Phi) is 1.68. The van der Waals surface area contributed by atoms with Gasteiger partial charge in [-0.25, -0.2) is 0 Å². The first-order valence-electron chi connectivity index (χ1n) is 4.78. The second-order valence-electron chi connectivity index (χ2n) is 3.53. The summed E-state index contributed by atoms with van der Waals surface area (Å²) in [6, 6.07) is 6.06. The highest BCUT2D eigenvalue weighted by Crippen LogP contribution is 2.31. The van der Waals surface area contributed by atoms with E-state index in [-0.39, 0.29) is 0 Å². The van der Waals surface area contributed by atoms with Crippen LogP contribution in [0.4, 0.5) is 0 Å². The summed E-state index contributed by atoms with van der Waals surface area (Å²) in [5, 5.41) is 0. The van der Waals surface area contributed by atoms with E-state index in [4.69, 9.17) is 4.74 Å². The van der Waals surface area contributed by atoms with Gasteiger partial charge >= 0.3 is 0 Å². The predicted molar refractivity (Wildman–Crippen MR) is 53.0 cm³/mol. The SMILES string of the molecule is Cc1cccc2c1OC[n+]1cncnc1-2. The quantitative estimate of drug-likeness (QED) is 0.597. The van der Waals surface area contributed by atoms with Crippen LogP contribution in [-0.4, -0.2) is 9.97 Å². The lowest BCUT2D eigenvalue weighted by Gasteiger charge is -2.17. The summed E-state index contributed by atoms with van der Waals surface area (Å²) in [5.41, 5.74) is 2.17. The molecule has 1 aromatic carbocycles. The lowest BCUT2D eigenvalue weighted by Crippen LogP contribution is -2.42. The van der Waals surface area contributed by atoms with E-state index in [0.29, 0.717) is 6.73 Å². The van der Waals surface area contributed by atoms with Gasteiger partial charge in [0, 0.05) is 0 Å². The molecule has 0 atom stereocenters. The predicted octanol–water partition coefficient (Wildman–Crippen LogP) is 1.09. The molecule has 0 saturated carbocycles. The summed E-state index contributed by atoms with van der Waals surface area (Å²) >= 11 is 0. The summed E-state index contributed by atoms with van der Waals surface area (Å²) in [6.07, 6.45) is 3.29. The molecule has 2 heterocycles. The molecule has 0 radical (unpaired) electrons. The van der Waals surface area contributed by atoms with Crippen molar-refractivity contribution >= 4 is 0 Å². The summed E-state index contributed by atoms with van der Waals surface area (Å²) < 4.78 is 7.55. The number of nitrogens with zero attached hydrogens (tertiary/aromatic N) is 3. The van der Waals surface area contributed by atoms with E-state index in [2.05, 4.69) is 9.97 Å². The molecule has 1 aliphatic heterocycles. The average molecular weight is 200 g/mol. The zero-order valence-electron chi connectivity index (χ0n) is 8.34. The highest BCUT2D eigenvalue weighted by atomic mass is 16.5. The van der Waals surface area contributed by atoms with Crippen molar-refractivity contribution in [1.82, 2.24) is 9.97 Å². The molecule has 0 saturated heterocycles. The first kappa shape index (κ1) is 8.35.